The summed E-state index contributed by atoms with van der Waals surface area (Å²) in [6.07, 6.45) is 3.74. The maximum atomic E-state index is 12.1. The van der Waals surface area contributed by atoms with Crippen LogP contribution in [0.2, 0.25) is 0 Å². The van der Waals surface area contributed by atoms with Crippen LogP contribution in [0.4, 0.5) is 4.79 Å². The van der Waals surface area contributed by atoms with Gasteiger partial charge in [-0.2, -0.15) is 5.26 Å². The fourth-order valence-corrected chi connectivity index (χ4v) is 3.92. The molecule has 1 aromatic carbocycles. The van der Waals surface area contributed by atoms with Gasteiger partial charge in [0.1, 0.15) is 0 Å². The first-order chi connectivity index (χ1) is 12.3. The average molecular weight is 351 g/mol. The van der Waals surface area contributed by atoms with Crippen LogP contribution in [0.3, 0.4) is 0 Å². The van der Waals surface area contributed by atoms with E-state index in [9.17, 15) is 9.90 Å². The lowest BCUT2D eigenvalue weighted by Gasteiger charge is -2.39. The monoisotopic (exact) mass is 351 g/mol. The maximum absolute atomic E-state index is 12.1. The molecule has 1 aliphatic rings. The van der Waals surface area contributed by atoms with E-state index in [1.54, 1.807) is 11.1 Å². The number of carboxylic acid groups (broad SMARTS) is 1. The van der Waals surface area contributed by atoms with Crippen LogP contribution >= 0.6 is 0 Å². The number of nitrogens with zero attached hydrogens (tertiary/aromatic N) is 3. The van der Waals surface area contributed by atoms with Crippen LogP contribution in [0.1, 0.15) is 51.2 Å². The minimum atomic E-state index is -0.885. The van der Waals surface area contributed by atoms with Gasteiger partial charge in [0, 0.05) is 18.0 Å². The van der Waals surface area contributed by atoms with E-state index in [2.05, 4.69) is 31.8 Å². The summed E-state index contributed by atoms with van der Waals surface area (Å²) in [4.78, 5) is 18.2. The molecule has 0 spiro atoms. The first-order valence-corrected chi connectivity index (χ1v) is 9.02. The summed E-state index contributed by atoms with van der Waals surface area (Å²) in [6, 6.07) is 10.1. The summed E-state index contributed by atoms with van der Waals surface area (Å²) in [5, 5.41) is 19.8. The smallest absolute Gasteiger partial charge is 0.408 e. The molecular weight excluding hydrogens is 326 g/mol. The molecule has 1 saturated carbocycles. The maximum Gasteiger partial charge on any atom is 0.408 e. The van der Waals surface area contributed by atoms with Gasteiger partial charge < -0.3 is 5.11 Å². The molecule has 0 atom stereocenters. The van der Waals surface area contributed by atoms with Crippen molar-refractivity contribution in [2.75, 3.05) is 0 Å². The number of rotatable bonds is 5. The largest absolute Gasteiger partial charge is 0.465 e. The lowest BCUT2D eigenvalue weighted by Crippen LogP contribution is -2.48. The van der Waals surface area contributed by atoms with Gasteiger partial charge in [-0.05, 0) is 47.9 Å². The SMILES string of the molecule is CC(C)(C)C1(N(Cc2cc(CCC#N)cc3cccnc23)C(=O)O)CC1. The van der Waals surface area contributed by atoms with Crippen LogP contribution in [0.25, 0.3) is 10.9 Å². The van der Waals surface area contributed by atoms with E-state index in [0.717, 1.165) is 34.9 Å². The summed E-state index contributed by atoms with van der Waals surface area (Å²) >= 11 is 0. The Hall–Kier alpha value is -2.61. The molecule has 0 unspecified atom stereocenters. The number of hydrogen-bond donors (Lipinski definition) is 1. The minimum absolute atomic E-state index is 0.118. The molecule has 2 aromatic rings. The molecule has 1 N–H and O–H groups in total. The molecular formula is C21H25N3O2. The molecule has 1 amide bonds. The van der Waals surface area contributed by atoms with Gasteiger partial charge in [0.2, 0.25) is 0 Å². The van der Waals surface area contributed by atoms with Gasteiger partial charge in [0.15, 0.2) is 0 Å². The predicted molar refractivity (Wildman–Crippen MR) is 101 cm³/mol. The second-order valence-corrected chi connectivity index (χ2v) is 8.14. The molecule has 5 heteroatoms. The Morgan fingerprint density at radius 3 is 2.69 bits per heavy atom. The number of pyridine rings is 1. The summed E-state index contributed by atoms with van der Waals surface area (Å²) in [7, 11) is 0. The molecule has 26 heavy (non-hydrogen) atoms. The van der Waals surface area contributed by atoms with Gasteiger partial charge in [-0.3, -0.25) is 9.88 Å². The first-order valence-electron chi connectivity index (χ1n) is 9.02. The van der Waals surface area contributed by atoms with E-state index >= 15 is 0 Å². The summed E-state index contributed by atoms with van der Waals surface area (Å²) in [5.41, 5.74) is 2.36. The number of aryl methyl sites for hydroxylation is 1. The second kappa shape index (κ2) is 6.60. The van der Waals surface area contributed by atoms with Crippen molar-refractivity contribution in [1.82, 2.24) is 9.88 Å². The van der Waals surface area contributed by atoms with Crippen LogP contribution in [-0.4, -0.2) is 26.6 Å². The van der Waals surface area contributed by atoms with Crippen molar-refractivity contribution in [2.45, 2.75) is 58.5 Å². The zero-order valence-corrected chi connectivity index (χ0v) is 15.6. The minimum Gasteiger partial charge on any atom is -0.465 e. The van der Waals surface area contributed by atoms with Crippen molar-refractivity contribution in [2.24, 2.45) is 5.41 Å². The van der Waals surface area contributed by atoms with Crippen molar-refractivity contribution >= 4 is 17.0 Å². The first kappa shape index (κ1) is 18.2. The number of nitriles is 1. The summed E-state index contributed by atoms with van der Waals surface area (Å²) < 4.78 is 0. The molecule has 1 aromatic heterocycles. The fraction of sp³-hybridized carbons (Fsp3) is 0.476. The Balaban J connectivity index is 2.03. The highest BCUT2D eigenvalue weighted by Gasteiger charge is 2.58. The van der Waals surface area contributed by atoms with Crippen molar-refractivity contribution in [3.63, 3.8) is 0 Å². The zero-order valence-electron chi connectivity index (χ0n) is 15.6. The quantitative estimate of drug-likeness (QED) is 0.843. The van der Waals surface area contributed by atoms with E-state index in [1.165, 1.54) is 0 Å². The normalized spacial score (nSPS) is 15.5. The summed E-state index contributed by atoms with van der Waals surface area (Å²) in [6.45, 7) is 6.64. The number of fused-ring (bicyclic) bond motifs is 1. The third-order valence-corrected chi connectivity index (χ3v) is 5.56. The molecule has 0 bridgehead atoms. The average Bonchev–Trinajstić information content (AvgIpc) is 3.38. The second-order valence-electron chi connectivity index (χ2n) is 8.14. The highest BCUT2D eigenvalue weighted by atomic mass is 16.4. The molecule has 0 saturated heterocycles. The van der Waals surface area contributed by atoms with Gasteiger partial charge in [0.05, 0.1) is 23.7 Å². The number of amides is 1. The van der Waals surface area contributed by atoms with Gasteiger partial charge in [0.25, 0.3) is 0 Å². The Morgan fingerprint density at radius 1 is 1.38 bits per heavy atom. The van der Waals surface area contributed by atoms with E-state index < -0.39 is 6.09 Å². The molecule has 0 radical (unpaired) electrons. The number of aromatic nitrogens is 1. The number of benzene rings is 1. The molecule has 5 nitrogen and oxygen atoms in total. The topological polar surface area (TPSA) is 77.2 Å². The van der Waals surface area contributed by atoms with Crippen molar-refractivity contribution in [3.05, 3.63) is 41.6 Å². The number of hydrogen-bond acceptors (Lipinski definition) is 3. The molecule has 1 aliphatic carbocycles. The Bertz CT molecular complexity index is 873. The van der Waals surface area contributed by atoms with Gasteiger partial charge >= 0.3 is 6.09 Å². The number of carbonyl (C=O) groups is 1. The van der Waals surface area contributed by atoms with Gasteiger partial charge in [-0.15, -0.1) is 0 Å². The van der Waals surface area contributed by atoms with Crippen LogP contribution in [0.5, 0.6) is 0 Å². The van der Waals surface area contributed by atoms with E-state index in [4.69, 9.17) is 5.26 Å². The van der Waals surface area contributed by atoms with Gasteiger partial charge in [-0.25, -0.2) is 4.79 Å². The molecule has 0 aliphatic heterocycles. The van der Waals surface area contributed by atoms with Crippen LogP contribution in [0, 0.1) is 16.7 Å². The predicted octanol–water partition coefficient (Wildman–Crippen LogP) is 4.75. The third-order valence-electron chi connectivity index (χ3n) is 5.56. The molecule has 136 valence electrons. The Labute approximate surface area is 154 Å². The molecule has 1 heterocycles. The van der Waals surface area contributed by atoms with Crippen LogP contribution in [-0.2, 0) is 13.0 Å². The molecule has 1 fully saturated rings. The van der Waals surface area contributed by atoms with E-state index in [0.29, 0.717) is 19.4 Å². The van der Waals surface area contributed by atoms with Crippen molar-refractivity contribution < 1.29 is 9.90 Å². The highest BCUT2D eigenvalue weighted by Crippen LogP contribution is 2.54. The highest BCUT2D eigenvalue weighted by molar-refractivity contribution is 5.83. The fourth-order valence-electron chi connectivity index (χ4n) is 3.92. The van der Waals surface area contributed by atoms with E-state index in [-0.39, 0.29) is 11.0 Å². The van der Waals surface area contributed by atoms with Crippen LogP contribution < -0.4 is 0 Å². The lowest BCUT2D eigenvalue weighted by atomic mass is 9.82. The Morgan fingerprint density at radius 2 is 2.12 bits per heavy atom. The standard InChI is InChI=1S/C21H25N3O2/c1-20(2,3)21(8-9-21)24(19(25)26)14-17-13-15(6-4-10-22)12-16-7-5-11-23-18(16)17/h5,7,11-13H,4,6,8-9,14H2,1-3H3,(H,25,26). The lowest BCUT2D eigenvalue weighted by molar-refractivity contribution is 0.0632. The van der Waals surface area contributed by atoms with Crippen LogP contribution in [0.15, 0.2) is 30.5 Å². The summed E-state index contributed by atoms with van der Waals surface area (Å²) in [5.74, 6) is 0. The van der Waals surface area contributed by atoms with Crippen molar-refractivity contribution in [3.8, 4) is 6.07 Å². The van der Waals surface area contributed by atoms with E-state index in [1.807, 2.05) is 24.3 Å². The third kappa shape index (κ3) is 3.24. The molecule has 3 rings (SSSR count). The van der Waals surface area contributed by atoms with Crippen molar-refractivity contribution in [1.29, 1.82) is 5.26 Å². The Kier molecular flexibility index (Phi) is 4.62. The zero-order chi connectivity index (χ0) is 18.9. The van der Waals surface area contributed by atoms with Gasteiger partial charge in [-0.1, -0.05) is 32.9 Å².